The lowest BCUT2D eigenvalue weighted by atomic mass is 9.95. The quantitative estimate of drug-likeness (QED) is 0.145. The number of aromatic nitrogens is 2. The van der Waals surface area contributed by atoms with Gasteiger partial charge in [-0.2, -0.15) is 0 Å². The molecule has 2 heterocycles. The zero-order valence-electron chi connectivity index (χ0n) is 27.4. The maximum atomic E-state index is 14.4. The van der Waals surface area contributed by atoms with Gasteiger partial charge in [0.15, 0.2) is 5.82 Å². The Balaban J connectivity index is 1.28. The normalized spacial score (nSPS) is 12.6. The van der Waals surface area contributed by atoms with Gasteiger partial charge in [-0.05, 0) is 59.7 Å². The molecule has 5 aromatic rings. The maximum Gasteiger partial charge on any atom is 0.325 e. The van der Waals surface area contributed by atoms with E-state index < -0.39 is 29.9 Å². The largest absolute Gasteiger partial charge is 0.480 e. The zero-order valence-corrected chi connectivity index (χ0v) is 28.2. The second-order valence-corrected chi connectivity index (χ2v) is 13.8. The van der Waals surface area contributed by atoms with Crippen LogP contribution >= 0.6 is 11.3 Å². The number of hydrogen-bond donors (Lipinski definition) is 3. The lowest BCUT2D eigenvalue weighted by molar-refractivity contribution is -0.141. The molecule has 0 saturated carbocycles. The monoisotopic (exact) mass is 664 g/mol. The number of amides is 2. The number of rotatable bonds is 10. The van der Waals surface area contributed by atoms with Crippen molar-refractivity contribution in [2.24, 2.45) is 0 Å². The van der Waals surface area contributed by atoms with Gasteiger partial charge in [-0.3, -0.25) is 14.4 Å². The first-order chi connectivity index (χ1) is 22.8. The third-order valence-electron chi connectivity index (χ3n) is 7.88. The molecular formula is C38H37FN4O4S. The first kappa shape index (κ1) is 34.1. The molecule has 48 heavy (non-hydrogen) atoms. The zero-order chi connectivity index (χ0) is 34.6. The highest BCUT2D eigenvalue weighted by molar-refractivity contribution is 7.14. The second-order valence-electron chi connectivity index (χ2n) is 12.8. The van der Waals surface area contributed by atoms with Crippen molar-refractivity contribution >= 4 is 29.1 Å². The molecule has 2 amide bonds. The standard InChI is InChI=1S/C38H37FN4O4S/c1-22-6-15-29(30(39)18-22)26-13-11-25(12-14-26)28-20-40-34(41-21-28)27-9-7-24(8-10-27)19-31(35(44)42-23(2)37(46)47)43-36(45)32-16-17-33(48-32)38(3,4)5/h6-18,20-21,23,31H,19H2,1-5H3,(H,42,44)(H,43,45)(H,46,47)/t23-,31+/m1/s1. The summed E-state index contributed by atoms with van der Waals surface area (Å²) in [5, 5.41) is 14.6. The van der Waals surface area contributed by atoms with Crippen molar-refractivity contribution in [1.29, 1.82) is 0 Å². The molecule has 8 nitrogen and oxygen atoms in total. The third-order valence-corrected chi connectivity index (χ3v) is 9.39. The number of nitrogens with zero attached hydrogens (tertiary/aromatic N) is 2. The highest BCUT2D eigenvalue weighted by atomic mass is 32.1. The minimum atomic E-state index is -1.17. The number of aryl methyl sites for hydroxylation is 1. The van der Waals surface area contributed by atoms with Gasteiger partial charge in [-0.1, -0.05) is 81.4 Å². The van der Waals surface area contributed by atoms with Crippen LogP contribution in [-0.2, 0) is 21.4 Å². The van der Waals surface area contributed by atoms with E-state index in [2.05, 4.69) is 41.4 Å². The summed E-state index contributed by atoms with van der Waals surface area (Å²) in [6.07, 6.45) is 3.60. The number of thiophene rings is 1. The third kappa shape index (κ3) is 8.19. The van der Waals surface area contributed by atoms with Crippen molar-refractivity contribution in [2.75, 3.05) is 0 Å². The molecule has 2 atom stereocenters. The van der Waals surface area contributed by atoms with E-state index in [4.69, 9.17) is 0 Å². The van der Waals surface area contributed by atoms with Gasteiger partial charge in [0.05, 0.1) is 4.88 Å². The van der Waals surface area contributed by atoms with Crippen LogP contribution in [0.3, 0.4) is 0 Å². The van der Waals surface area contributed by atoms with Gasteiger partial charge in [-0.15, -0.1) is 11.3 Å². The number of hydrogen-bond acceptors (Lipinski definition) is 6. The summed E-state index contributed by atoms with van der Waals surface area (Å²) < 4.78 is 14.4. The van der Waals surface area contributed by atoms with Gasteiger partial charge in [0.2, 0.25) is 5.91 Å². The molecule has 2 aromatic heterocycles. The van der Waals surface area contributed by atoms with Gasteiger partial charge in [0.1, 0.15) is 17.9 Å². The van der Waals surface area contributed by atoms with Gasteiger partial charge in [0, 0.05) is 40.4 Å². The molecule has 0 saturated heterocycles. The van der Waals surface area contributed by atoms with Gasteiger partial charge < -0.3 is 15.7 Å². The molecular weight excluding hydrogens is 628 g/mol. The van der Waals surface area contributed by atoms with Crippen LogP contribution in [0, 0.1) is 12.7 Å². The van der Waals surface area contributed by atoms with Gasteiger partial charge >= 0.3 is 5.97 Å². The maximum absolute atomic E-state index is 14.4. The summed E-state index contributed by atoms with van der Waals surface area (Å²) in [6, 6.07) is 21.6. The van der Waals surface area contributed by atoms with Crippen LogP contribution in [0.15, 0.2) is 91.3 Å². The highest BCUT2D eigenvalue weighted by Gasteiger charge is 2.26. The van der Waals surface area contributed by atoms with Crippen LogP contribution in [-0.4, -0.2) is 44.9 Å². The summed E-state index contributed by atoms with van der Waals surface area (Å²) >= 11 is 1.36. The highest BCUT2D eigenvalue weighted by Crippen LogP contribution is 2.30. The van der Waals surface area contributed by atoms with Crippen LogP contribution in [0.1, 0.15) is 53.4 Å². The predicted molar refractivity (Wildman–Crippen MR) is 186 cm³/mol. The average molecular weight is 665 g/mol. The van der Waals surface area contributed by atoms with E-state index in [0.29, 0.717) is 16.3 Å². The molecule has 0 unspecified atom stereocenters. The van der Waals surface area contributed by atoms with Crippen molar-refractivity contribution in [3.63, 3.8) is 0 Å². The molecule has 0 aliphatic heterocycles. The van der Waals surface area contributed by atoms with E-state index in [1.165, 1.54) is 24.3 Å². The second kappa shape index (κ2) is 14.3. The molecule has 10 heteroatoms. The predicted octanol–water partition coefficient (Wildman–Crippen LogP) is 7.21. The molecule has 0 aliphatic carbocycles. The molecule has 0 fully saturated rings. The van der Waals surface area contributed by atoms with Crippen molar-refractivity contribution in [3.8, 4) is 33.6 Å². The fourth-order valence-corrected chi connectivity index (χ4v) is 5.99. The Morgan fingerprint density at radius 3 is 2.04 bits per heavy atom. The van der Waals surface area contributed by atoms with Crippen molar-refractivity contribution < 1.29 is 23.9 Å². The van der Waals surface area contributed by atoms with Crippen LogP contribution in [0.5, 0.6) is 0 Å². The number of carboxylic acid groups (broad SMARTS) is 1. The molecule has 3 N–H and O–H groups in total. The SMILES string of the molecule is Cc1ccc(-c2ccc(-c3cnc(-c4ccc(C[C@H](NC(=O)c5ccc(C(C)(C)C)s5)C(=O)N[C@H](C)C(=O)O)cc4)nc3)cc2)c(F)c1. The minimum Gasteiger partial charge on any atom is -0.480 e. The first-order valence-electron chi connectivity index (χ1n) is 15.5. The smallest absolute Gasteiger partial charge is 0.325 e. The first-order valence-corrected chi connectivity index (χ1v) is 16.3. The number of halogens is 1. The molecule has 0 bridgehead atoms. The average Bonchev–Trinajstić information content (AvgIpc) is 3.57. The van der Waals surface area contributed by atoms with Crippen molar-refractivity contribution in [2.45, 2.75) is 58.5 Å². The number of carboxylic acids is 1. The van der Waals surface area contributed by atoms with Gasteiger partial charge in [0.25, 0.3) is 5.91 Å². The Labute approximate surface area is 283 Å². The Hall–Kier alpha value is -5.22. The number of nitrogens with one attached hydrogen (secondary N) is 2. The van der Waals surface area contributed by atoms with E-state index in [0.717, 1.165) is 38.3 Å². The minimum absolute atomic E-state index is 0.127. The number of carbonyl (C=O) groups excluding carboxylic acids is 2. The van der Waals surface area contributed by atoms with Crippen LogP contribution in [0.2, 0.25) is 0 Å². The number of carbonyl (C=O) groups is 3. The molecule has 0 radical (unpaired) electrons. The molecule has 5 rings (SSSR count). The van der Waals surface area contributed by atoms with E-state index >= 15 is 0 Å². The van der Waals surface area contributed by atoms with Crippen molar-refractivity contribution in [1.82, 2.24) is 20.6 Å². The summed E-state index contributed by atoms with van der Waals surface area (Å²) in [7, 11) is 0. The molecule has 0 spiro atoms. The summed E-state index contributed by atoms with van der Waals surface area (Å²) in [5.41, 5.74) is 5.29. The number of benzene rings is 3. The molecule has 0 aliphatic rings. The fraction of sp³-hybridized carbons (Fsp3) is 0.237. The molecule has 246 valence electrons. The Kier molecular flexibility index (Phi) is 10.1. The van der Waals surface area contributed by atoms with E-state index in [-0.39, 0.29) is 17.7 Å². The lowest BCUT2D eigenvalue weighted by Crippen LogP contribution is -2.51. The fourth-order valence-electron chi connectivity index (χ4n) is 5.03. The van der Waals surface area contributed by atoms with Crippen LogP contribution in [0.4, 0.5) is 4.39 Å². The van der Waals surface area contributed by atoms with Gasteiger partial charge in [-0.25, -0.2) is 14.4 Å². The summed E-state index contributed by atoms with van der Waals surface area (Å²) in [5.74, 6) is -1.92. The Bertz CT molecular complexity index is 1930. The Morgan fingerprint density at radius 1 is 0.833 bits per heavy atom. The van der Waals surface area contributed by atoms with Crippen LogP contribution < -0.4 is 10.6 Å². The van der Waals surface area contributed by atoms with E-state index in [1.54, 1.807) is 24.5 Å². The summed E-state index contributed by atoms with van der Waals surface area (Å²) in [4.78, 5) is 48.3. The topological polar surface area (TPSA) is 121 Å². The lowest BCUT2D eigenvalue weighted by Gasteiger charge is -2.20. The number of aliphatic carboxylic acids is 1. The summed E-state index contributed by atoms with van der Waals surface area (Å²) in [6.45, 7) is 9.40. The van der Waals surface area contributed by atoms with Crippen LogP contribution in [0.25, 0.3) is 33.6 Å². The van der Waals surface area contributed by atoms with E-state index in [1.807, 2.05) is 67.6 Å². The molecule has 3 aromatic carbocycles. The Morgan fingerprint density at radius 2 is 1.46 bits per heavy atom. The van der Waals surface area contributed by atoms with Crippen molar-refractivity contribution in [3.05, 3.63) is 118 Å². The van der Waals surface area contributed by atoms with E-state index in [9.17, 15) is 23.9 Å².